The van der Waals surface area contributed by atoms with Crippen LogP contribution < -0.4 is 5.32 Å². The van der Waals surface area contributed by atoms with Crippen molar-refractivity contribution in [1.29, 1.82) is 0 Å². The molecule has 2 N–H and O–H groups in total. The van der Waals surface area contributed by atoms with Crippen molar-refractivity contribution < 1.29 is 5.11 Å². The van der Waals surface area contributed by atoms with Gasteiger partial charge in [-0.15, -0.1) is 11.3 Å². The summed E-state index contributed by atoms with van der Waals surface area (Å²) in [7, 11) is 0. The molecule has 0 amide bonds. The first-order chi connectivity index (χ1) is 9.75. The Morgan fingerprint density at radius 2 is 1.90 bits per heavy atom. The van der Waals surface area contributed by atoms with Gasteiger partial charge in [-0.1, -0.05) is 30.3 Å². The summed E-state index contributed by atoms with van der Waals surface area (Å²) in [6.07, 6.45) is 0. The van der Waals surface area contributed by atoms with Gasteiger partial charge >= 0.3 is 0 Å². The van der Waals surface area contributed by atoms with E-state index in [1.165, 1.54) is 10.4 Å². The van der Waals surface area contributed by atoms with E-state index in [4.69, 9.17) is 0 Å². The number of thiophene rings is 1. The third-order valence-electron chi connectivity index (χ3n) is 3.57. The lowest BCUT2D eigenvalue weighted by Gasteiger charge is -2.10. The topological polar surface area (TPSA) is 32.3 Å². The molecule has 0 unspecified atom stereocenters. The number of hydrogen-bond donors (Lipinski definition) is 2. The Morgan fingerprint density at radius 1 is 1.05 bits per heavy atom. The number of fused-ring (bicyclic) bond motifs is 1. The van der Waals surface area contributed by atoms with Crippen LogP contribution in [0.3, 0.4) is 0 Å². The van der Waals surface area contributed by atoms with Crippen LogP contribution in [-0.2, 0) is 13.1 Å². The van der Waals surface area contributed by atoms with Crippen LogP contribution >= 0.6 is 11.3 Å². The fourth-order valence-electron chi connectivity index (χ4n) is 2.40. The number of phenolic OH excluding ortho intramolecular Hbond substituents is 1. The maximum absolute atomic E-state index is 10.1. The lowest BCUT2D eigenvalue weighted by Crippen LogP contribution is -2.12. The molecule has 0 aliphatic heterocycles. The second-order valence-corrected chi connectivity index (χ2v) is 5.92. The van der Waals surface area contributed by atoms with E-state index in [0.717, 1.165) is 22.9 Å². The van der Waals surface area contributed by atoms with Crippen LogP contribution in [-0.4, -0.2) is 5.11 Å². The molecule has 0 bridgehead atoms. The number of nitrogens with one attached hydrogen (secondary N) is 1. The van der Waals surface area contributed by atoms with Crippen molar-refractivity contribution in [1.82, 2.24) is 5.32 Å². The zero-order valence-corrected chi connectivity index (χ0v) is 12.2. The van der Waals surface area contributed by atoms with E-state index >= 15 is 0 Å². The Bertz CT molecular complexity index is 733. The van der Waals surface area contributed by atoms with E-state index in [1.54, 1.807) is 17.4 Å². The predicted molar refractivity (Wildman–Crippen MR) is 85.2 cm³/mol. The van der Waals surface area contributed by atoms with Crippen LogP contribution in [0.15, 0.2) is 47.8 Å². The molecule has 2 nitrogen and oxygen atoms in total. The number of benzene rings is 2. The number of aromatic hydroxyl groups is 1. The maximum Gasteiger partial charge on any atom is 0.120 e. The van der Waals surface area contributed by atoms with Crippen LogP contribution in [0.25, 0.3) is 10.8 Å². The highest BCUT2D eigenvalue weighted by atomic mass is 32.1. The highest BCUT2D eigenvalue weighted by molar-refractivity contribution is 7.10. The molecule has 3 heteroatoms. The average Bonchev–Trinajstić information content (AvgIpc) is 2.87. The number of phenols is 1. The minimum Gasteiger partial charge on any atom is -0.508 e. The van der Waals surface area contributed by atoms with Crippen LogP contribution in [0.4, 0.5) is 0 Å². The van der Waals surface area contributed by atoms with E-state index in [0.29, 0.717) is 12.3 Å². The predicted octanol–water partition coefficient (Wildman–Crippen LogP) is 4.21. The average molecular weight is 283 g/mol. The molecule has 1 heterocycles. The standard InChI is InChI=1S/C17H17NOS/c1-12-8-9-20-17(12)11-18-10-15-14-5-3-2-4-13(14)6-7-16(15)19/h2-9,18-19H,10-11H2,1H3. The summed E-state index contributed by atoms with van der Waals surface area (Å²) < 4.78 is 0. The van der Waals surface area contributed by atoms with Crippen molar-refractivity contribution in [3.63, 3.8) is 0 Å². The van der Waals surface area contributed by atoms with Crippen LogP contribution in [0, 0.1) is 6.92 Å². The highest BCUT2D eigenvalue weighted by Crippen LogP contribution is 2.27. The van der Waals surface area contributed by atoms with Crippen LogP contribution in [0.1, 0.15) is 16.0 Å². The number of rotatable bonds is 4. The Balaban J connectivity index is 1.80. The molecular formula is C17H17NOS. The Labute approximate surface area is 122 Å². The largest absolute Gasteiger partial charge is 0.508 e. The van der Waals surface area contributed by atoms with E-state index in [9.17, 15) is 5.11 Å². The van der Waals surface area contributed by atoms with Gasteiger partial charge in [-0.2, -0.15) is 0 Å². The molecule has 1 aromatic heterocycles. The summed E-state index contributed by atoms with van der Waals surface area (Å²) in [6, 6.07) is 14.0. The molecule has 20 heavy (non-hydrogen) atoms. The van der Waals surface area contributed by atoms with Gasteiger partial charge in [-0.25, -0.2) is 0 Å². The molecule has 102 valence electrons. The van der Waals surface area contributed by atoms with E-state index in [2.05, 4.69) is 35.8 Å². The Morgan fingerprint density at radius 3 is 2.70 bits per heavy atom. The zero-order chi connectivity index (χ0) is 13.9. The number of aryl methyl sites for hydroxylation is 1. The first-order valence-electron chi connectivity index (χ1n) is 6.69. The van der Waals surface area contributed by atoms with Crippen molar-refractivity contribution in [2.45, 2.75) is 20.0 Å². The van der Waals surface area contributed by atoms with E-state index in [1.807, 2.05) is 18.2 Å². The van der Waals surface area contributed by atoms with Gasteiger partial charge in [0.2, 0.25) is 0 Å². The quantitative estimate of drug-likeness (QED) is 0.752. The summed E-state index contributed by atoms with van der Waals surface area (Å²) in [5.74, 6) is 0.360. The van der Waals surface area contributed by atoms with E-state index in [-0.39, 0.29) is 0 Å². The molecule has 0 saturated carbocycles. The van der Waals surface area contributed by atoms with Gasteiger partial charge in [0, 0.05) is 23.5 Å². The molecule has 3 aromatic rings. The smallest absolute Gasteiger partial charge is 0.120 e. The second-order valence-electron chi connectivity index (χ2n) is 4.91. The third kappa shape index (κ3) is 2.55. The molecule has 0 fully saturated rings. The van der Waals surface area contributed by atoms with Gasteiger partial charge in [-0.05, 0) is 40.8 Å². The van der Waals surface area contributed by atoms with Crippen LogP contribution in [0.5, 0.6) is 5.75 Å². The molecule has 0 spiro atoms. The van der Waals surface area contributed by atoms with Gasteiger partial charge in [0.05, 0.1) is 0 Å². The van der Waals surface area contributed by atoms with Crippen molar-refractivity contribution in [3.05, 3.63) is 63.8 Å². The molecule has 0 aliphatic carbocycles. The first-order valence-corrected chi connectivity index (χ1v) is 7.57. The summed E-state index contributed by atoms with van der Waals surface area (Å²) in [6.45, 7) is 3.64. The molecular weight excluding hydrogens is 266 g/mol. The van der Waals surface area contributed by atoms with Gasteiger partial charge in [0.1, 0.15) is 5.75 Å². The fourth-order valence-corrected chi connectivity index (χ4v) is 3.27. The SMILES string of the molecule is Cc1ccsc1CNCc1c(O)ccc2ccccc12. The fraction of sp³-hybridized carbons (Fsp3) is 0.176. The molecule has 0 radical (unpaired) electrons. The summed E-state index contributed by atoms with van der Waals surface area (Å²) in [5, 5.41) is 17.9. The van der Waals surface area contributed by atoms with Crippen molar-refractivity contribution in [2.75, 3.05) is 0 Å². The summed E-state index contributed by atoms with van der Waals surface area (Å²) in [5.41, 5.74) is 2.29. The Kier molecular flexibility index (Phi) is 3.72. The van der Waals surface area contributed by atoms with Gasteiger partial charge in [0.15, 0.2) is 0 Å². The Hall–Kier alpha value is -1.84. The lowest BCUT2D eigenvalue weighted by molar-refractivity contribution is 0.466. The normalized spacial score (nSPS) is 11.1. The van der Waals surface area contributed by atoms with Crippen molar-refractivity contribution in [3.8, 4) is 5.75 Å². The van der Waals surface area contributed by atoms with Gasteiger partial charge in [-0.3, -0.25) is 0 Å². The minimum atomic E-state index is 0.360. The lowest BCUT2D eigenvalue weighted by atomic mass is 10.0. The molecule has 0 atom stereocenters. The highest BCUT2D eigenvalue weighted by Gasteiger charge is 2.07. The molecule has 0 saturated heterocycles. The molecule has 2 aromatic carbocycles. The third-order valence-corrected chi connectivity index (χ3v) is 4.59. The summed E-state index contributed by atoms with van der Waals surface area (Å²) in [4.78, 5) is 1.35. The zero-order valence-electron chi connectivity index (χ0n) is 11.4. The minimum absolute atomic E-state index is 0.360. The van der Waals surface area contributed by atoms with Gasteiger partial charge in [0.25, 0.3) is 0 Å². The van der Waals surface area contributed by atoms with E-state index < -0.39 is 0 Å². The second kappa shape index (κ2) is 5.65. The van der Waals surface area contributed by atoms with Gasteiger partial charge < -0.3 is 10.4 Å². The first kappa shape index (κ1) is 13.2. The maximum atomic E-state index is 10.1. The van der Waals surface area contributed by atoms with Crippen molar-refractivity contribution in [2.24, 2.45) is 0 Å². The monoisotopic (exact) mass is 283 g/mol. The summed E-state index contributed by atoms with van der Waals surface area (Å²) >= 11 is 1.77. The molecule has 0 aliphatic rings. The van der Waals surface area contributed by atoms with Crippen molar-refractivity contribution >= 4 is 22.1 Å². The van der Waals surface area contributed by atoms with Crippen LogP contribution in [0.2, 0.25) is 0 Å². The number of hydrogen-bond acceptors (Lipinski definition) is 3. The molecule has 3 rings (SSSR count).